The number of ether oxygens (including phenoxy) is 1. The number of hydrogen-bond acceptors (Lipinski definition) is 2. The van der Waals surface area contributed by atoms with E-state index >= 15 is 0 Å². The molecule has 0 saturated heterocycles. The van der Waals surface area contributed by atoms with Crippen LogP contribution in [-0.2, 0) is 4.74 Å². The third-order valence-electron chi connectivity index (χ3n) is 1.93. The highest BCUT2D eigenvalue weighted by atomic mass is 16.5. The fraction of sp³-hybridized carbons (Fsp3) is 0.778. The lowest BCUT2D eigenvalue weighted by molar-refractivity contribution is 0.0878. The summed E-state index contributed by atoms with van der Waals surface area (Å²) in [6, 6.07) is 0. The molecule has 11 heavy (non-hydrogen) atoms. The van der Waals surface area contributed by atoms with E-state index in [1.807, 2.05) is 0 Å². The predicted molar refractivity (Wildman–Crippen MR) is 44.4 cm³/mol. The zero-order valence-electron chi connectivity index (χ0n) is 7.05. The normalized spacial score (nSPS) is 24.9. The molecule has 1 unspecified atom stereocenters. The van der Waals surface area contributed by atoms with Crippen molar-refractivity contribution in [2.75, 3.05) is 13.2 Å². The molecule has 0 aromatic heterocycles. The molecular weight excluding hydrogens is 140 g/mol. The summed E-state index contributed by atoms with van der Waals surface area (Å²) in [6.45, 7) is 3.20. The molecular formula is C9H16O2. The van der Waals surface area contributed by atoms with E-state index in [1.165, 1.54) is 5.57 Å². The van der Waals surface area contributed by atoms with Gasteiger partial charge in [-0.2, -0.15) is 0 Å². The maximum Gasteiger partial charge on any atom is 0.0730 e. The highest BCUT2D eigenvalue weighted by Gasteiger charge is 2.08. The van der Waals surface area contributed by atoms with Gasteiger partial charge in [-0.25, -0.2) is 0 Å². The molecule has 0 radical (unpaired) electrons. The molecule has 0 bridgehead atoms. The first kappa shape index (κ1) is 8.75. The first-order chi connectivity index (χ1) is 5.33. The minimum absolute atomic E-state index is 0.275. The second-order valence-corrected chi connectivity index (χ2v) is 2.98. The van der Waals surface area contributed by atoms with Crippen LogP contribution in [0, 0.1) is 0 Å². The molecule has 1 heterocycles. The van der Waals surface area contributed by atoms with Crippen LogP contribution < -0.4 is 0 Å². The van der Waals surface area contributed by atoms with E-state index in [0.29, 0.717) is 6.61 Å². The number of aliphatic hydroxyl groups is 1. The summed E-state index contributed by atoms with van der Waals surface area (Å²) in [5, 5.41) is 8.60. The SMILES string of the molecule is CC1C=C(CCCO)CCO1. The van der Waals surface area contributed by atoms with Crippen molar-refractivity contribution in [2.24, 2.45) is 0 Å². The van der Waals surface area contributed by atoms with E-state index in [-0.39, 0.29) is 6.10 Å². The molecule has 0 spiro atoms. The maximum atomic E-state index is 8.60. The lowest BCUT2D eigenvalue weighted by Crippen LogP contribution is -2.13. The van der Waals surface area contributed by atoms with Crippen LogP contribution in [0.25, 0.3) is 0 Å². The smallest absolute Gasteiger partial charge is 0.0730 e. The molecule has 2 nitrogen and oxygen atoms in total. The van der Waals surface area contributed by atoms with E-state index in [0.717, 1.165) is 25.9 Å². The van der Waals surface area contributed by atoms with Crippen LogP contribution in [-0.4, -0.2) is 24.4 Å². The van der Waals surface area contributed by atoms with Crippen LogP contribution >= 0.6 is 0 Å². The van der Waals surface area contributed by atoms with E-state index in [4.69, 9.17) is 9.84 Å². The second kappa shape index (κ2) is 4.52. The molecule has 1 N–H and O–H groups in total. The molecule has 0 aromatic rings. The Bertz CT molecular complexity index is 140. The predicted octanol–water partition coefficient (Wildman–Crippen LogP) is 1.49. The average molecular weight is 156 g/mol. The quantitative estimate of drug-likeness (QED) is 0.627. The summed E-state index contributed by atoms with van der Waals surface area (Å²) in [7, 11) is 0. The molecule has 1 aliphatic rings. The van der Waals surface area contributed by atoms with Gasteiger partial charge in [0.15, 0.2) is 0 Å². The number of hydrogen-bond donors (Lipinski definition) is 1. The minimum Gasteiger partial charge on any atom is -0.396 e. The van der Waals surface area contributed by atoms with Gasteiger partial charge in [0.25, 0.3) is 0 Å². The van der Waals surface area contributed by atoms with Crippen molar-refractivity contribution in [3.8, 4) is 0 Å². The van der Waals surface area contributed by atoms with Gasteiger partial charge in [-0.1, -0.05) is 11.6 Å². The Morgan fingerprint density at radius 1 is 1.73 bits per heavy atom. The van der Waals surface area contributed by atoms with Crippen molar-refractivity contribution in [3.05, 3.63) is 11.6 Å². The minimum atomic E-state index is 0.275. The standard InChI is InChI=1S/C9H16O2/c1-8-7-9(3-2-5-10)4-6-11-8/h7-8,10H,2-6H2,1H3. The largest absolute Gasteiger partial charge is 0.396 e. The van der Waals surface area contributed by atoms with Gasteiger partial charge >= 0.3 is 0 Å². The summed E-state index contributed by atoms with van der Waals surface area (Å²) in [5.74, 6) is 0. The Morgan fingerprint density at radius 3 is 3.18 bits per heavy atom. The molecule has 1 rings (SSSR count). The van der Waals surface area contributed by atoms with Gasteiger partial charge in [0, 0.05) is 6.61 Å². The first-order valence-corrected chi connectivity index (χ1v) is 4.25. The molecule has 64 valence electrons. The van der Waals surface area contributed by atoms with Crippen LogP contribution in [0.4, 0.5) is 0 Å². The topological polar surface area (TPSA) is 29.5 Å². The van der Waals surface area contributed by atoms with E-state index in [1.54, 1.807) is 0 Å². The third kappa shape index (κ3) is 3.04. The lowest BCUT2D eigenvalue weighted by atomic mass is 10.0. The Kier molecular flexibility index (Phi) is 3.60. The zero-order valence-corrected chi connectivity index (χ0v) is 7.05. The highest BCUT2D eigenvalue weighted by Crippen LogP contribution is 2.16. The Morgan fingerprint density at radius 2 is 2.55 bits per heavy atom. The van der Waals surface area contributed by atoms with E-state index in [2.05, 4.69) is 13.0 Å². The lowest BCUT2D eigenvalue weighted by Gasteiger charge is -2.18. The van der Waals surface area contributed by atoms with Crippen LogP contribution in [0.3, 0.4) is 0 Å². The van der Waals surface area contributed by atoms with Gasteiger partial charge in [0.2, 0.25) is 0 Å². The van der Waals surface area contributed by atoms with Gasteiger partial charge in [0.05, 0.1) is 12.7 Å². The van der Waals surface area contributed by atoms with Crippen LogP contribution in [0.2, 0.25) is 0 Å². The molecule has 0 fully saturated rings. The van der Waals surface area contributed by atoms with Crippen molar-refractivity contribution in [2.45, 2.75) is 32.3 Å². The fourth-order valence-electron chi connectivity index (χ4n) is 1.35. The van der Waals surface area contributed by atoms with Crippen molar-refractivity contribution >= 4 is 0 Å². The maximum absolute atomic E-state index is 8.60. The van der Waals surface area contributed by atoms with Gasteiger partial charge in [-0.05, 0) is 26.2 Å². The third-order valence-corrected chi connectivity index (χ3v) is 1.93. The Labute approximate surface area is 67.9 Å². The Hall–Kier alpha value is -0.340. The molecule has 1 aliphatic heterocycles. The van der Waals surface area contributed by atoms with Crippen molar-refractivity contribution in [1.29, 1.82) is 0 Å². The number of aliphatic hydroxyl groups excluding tert-OH is 1. The van der Waals surface area contributed by atoms with Crippen LogP contribution in [0.1, 0.15) is 26.2 Å². The summed E-state index contributed by atoms with van der Waals surface area (Å²) >= 11 is 0. The summed E-state index contributed by atoms with van der Waals surface area (Å²) in [6.07, 6.45) is 5.41. The van der Waals surface area contributed by atoms with Crippen LogP contribution in [0.5, 0.6) is 0 Å². The van der Waals surface area contributed by atoms with Crippen molar-refractivity contribution in [1.82, 2.24) is 0 Å². The Balaban J connectivity index is 2.31. The monoisotopic (exact) mass is 156 g/mol. The van der Waals surface area contributed by atoms with Gasteiger partial charge < -0.3 is 9.84 Å². The van der Waals surface area contributed by atoms with Gasteiger partial charge in [0.1, 0.15) is 0 Å². The van der Waals surface area contributed by atoms with Crippen molar-refractivity contribution in [3.63, 3.8) is 0 Å². The molecule has 1 atom stereocenters. The van der Waals surface area contributed by atoms with Crippen LogP contribution in [0.15, 0.2) is 11.6 Å². The molecule has 0 saturated carbocycles. The first-order valence-electron chi connectivity index (χ1n) is 4.25. The molecule has 0 amide bonds. The second-order valence-electron chi connectivity index (χ2n) is 2.98. The van der Waals surface area contributed by atoms with E-state index in [9.17, 15) is 0 Å². The number of rotatable bonds is 3. The average Bonchev–Trinajstić information content (AvgIpc) is 2.01. The summed E-state index contributed by atoms with van der Waals surface area (Å²) < 4.78 is 5.35. The van der Waals surface area contributed by atoms with E-state index < -0.39 is 0 Å². The summed E-state index contributed by atoms with van der Waals surface area (Å²) in [5.41, 5.74) is 1.44. The van der Waals surface area contributed by atoms with Gasteiger partial charge in [-0.15, -0.1) is 0 Å². The molecule has 2 heteroatoms. The van der Waals surface area contributed by atoms with Gasteiger partial charge in [-0.3, -0.25) is 0 Å². The van der Waals surface area contributed by atoms with Crippen molar-refractivity contribution < 1.29 is 9.84 Å². The highest BCUT2D eigenvalue weighted by molar-refractivity contribution is 5.07. The molecule has 0 aromatic carbocycles. The molecule has 0 aliphatic carbocycles. The zero-order chi connectivity index (χ0) is 8.10. The summed E-state index contributed by atoms with van der Waals surface area (Å²) in [4.78, 5) is 0. The fourth-order valence-corrected chi connectivity index (χ4v) is 1.35.